The number of carbonyl (C=O) groups excluding carboxylic acids is 1. The van der Waals surface area contributed by atoms with Gasteiger partial charge in [-0.2, -0.15) is 0 Å². The van der Waals surface area contributed by atoms with Gasteiger partial charge in [-0.1, -0.05) is 24.3 Å². The number of nitrogens with one attached hydrogen (secondary N) is 1. The summed E-state index contributed by atoms with van der Waals surface area (Å²) in [5.41, 5.74) is 2.10. The predicted octanol–water partition coefficient (Wildman–Crippen LogP) is 2.77. The molecule has 1 atom stereocenters. The molecule has 2 aromatic rings. The number of benzene rings is 1. The van der Waals surface area contributed by atoms with E-state index >= 15 is 0 Å². The number of pyridine rings is 1. The fraction of sp³-hybridized carbons (Fsp3) is 0.400. The third-order valence-corrected chi connectivity index (χ3v) is 4.35. The molecular weight excluding hydrogens is 314 g/mol. The molecular formula is C20H25N3O2. The van der Waals surface area contributed by atoms with Crippen molar-refractivity contribution < 1.29 is 9.53 Å². The Morgan fingerprint density at radius 1 is 1.20 bits per heavy atom. The zero-order valence-corrected chi connectivity index (χ0v) is 14.4. The van der Waals surface area contributed by atoms with E-state index in [2.05, 4.69) is 15.2 Å². The van der Waals surface area contributed by atoms with Crippen molar-refractivity contribution in [1.82, 2.24) is 10.3 Å². The van der Waals surface area contributed by atoms with Crippen molar-refractivity contribution in [3.8, 4) is 0 Å². The van der Waals surface area contributed by atoms with Crippen LogP contribution in [0.2, 0.25) is 0 Å². The molecule has 1 saturated heterocycles. The van der Waals surface area contributed by atoms with Gasteiger partial charge >= 0.3 is 0 Å². The molecule has 1 aliphatic rings. The molecule has 1 fully saturated rings. The van der Waals surface area contributed by atoms with Crippen molar-refractivity contribution in [2.45, 2.75) is 31.9 Å². The summed E-state index contributed by atoms with van der Waals surface area (Å²) in [7, 11) is 0. The minimum absolute atomic E-state index is 0.0157. The highest BCUT2D eigenvalue weighted by molar-refractivity contribution is 5.81. The number of carbonyl (C=O) groups is 1. The summed E-state index contributed by atoms with van der Waals surface area (Å²) in [6, 6.07) is 13.9. The monoisotopic (exact) mass is 339 g/mol. The number of para-hydroxylation sites is 1. The van der Waals surface area contributed by atoms with Crippen molar-refractivity contribution >= 4 is 11.6 Å². The van der Waals surface area contributed by atoms with E-state index in [1.807, 2.05) is 48.7 Å². The van der Waals surface area contributed by atoms with Crippen LogP contribution in [0.4, 0.5) is 5.69 Å². The number of aromatic nitrogens is 1. The maximum atomic E-state index is 12.4. The van der Waals surface area contributed by atoms with Gasteiger partial charge in [0.25, 0.3) is 0 Å². The SMILES string of the molecule is O=C(CN(Cc1cccnc1)c1ccccc1)NC[C@@H]1CCCCO1. The lowest BCUT2D eigenvalue weighted by Crippen LogP contribution is -2.41. The zero-order valence-electron chi connectivity index (χ0n) is 14.4. The van der Waals surface area contributed by atoms with Crippen LogP contribution in [0.15, 0.2) is 54.9 Å². The summed E-state index contributed by atoms with van der Waals surface area (Å²) in [6.45, 7) is 2.35. The van der Waals surface area contributed by atoms with E-state index in [0.29, 0.717) is 19.6 Å². The summed E-state index contributed by atoms with van der Waals surface area (Å²) in [5, 5.41) is 3.02. The molecule has 0 unspecified atom stereocenters. The van der Waals surface area contributed by atoms with Gasteiger partial charge in [0, 0.05) is 37.8 Å². The quantitative estimate of drug-likeness (QED) is 0.843. The normalized spacial score (nSPS) is 17.0. The number of amides is 1. The average Bonchev–Trinajstić information content (AvgIpc) is 2.68. The standard InChI is InChI=1S/C20H25N3O2/c24-20(22-14-19-10-4-5-12-25-19)16-23(18-8-2-1-3-9-18)15-17-7-6-11-21-13-17/h1-3,6-9,11,13,19H,4-5,10,12,14-16H2,(H,22,24)/t19-/m0/s1. The maximum absolute atomic E-state index is 12.4. The number of anilines is 1. The highest BCUT2D eigenvalue weighted by Gasteiger charge is 2.16. The summed E-state index contributed by atoms with van der Waals surface area (Å²) >= 11 is 0. The molecule has 1 aromatic carbocycles. The molecule has 1 aliphatic heterocycles. The van der Waals surface area contributed by atoms with Gasteiger partial charge in [-0.05, 0) is 43.0 Å². The van der Waals surface area contributed by atoms with Crippen molar-refractivity contribution in [2.75, 3.05) is 24.6 Å². The van der Waals surface area contributed by atoms with E-state index in [0.717, 1.165) is 30.7 Å². The summed E-state index contributed by atoms with van der Waals surface area (Å²) in [5.74, 6) is 0.0157. The van der Waals surface area contributed by atoms with Gasteiger partial charge in [0.05, 0.1) is 12.6 Å². The third-order valence-electron chi connectivity index (χ3n) is 4.35. The van der Waals surface area contributed by atoms with Crippen LogP contribution in [0, 0.1) is 0 Å². The molecule has 0 radical (unpaired) electrons. The van der Waals surface area contributed by atoms with E-state index < -0.39 is 0 Å². The molecule has 132 valence electrons. The number of nitrogens with zero attached hydrogens (tertiary/aromatic N) is 2. The summed E-state index contributed by atoms with van der Waals surface area (Å²) in [4.78, 5) is 18.7. The minimum atomic E-state index is 0.0157. The van der Waals surface area contributed by atoms with Gasteiger partial charge in [0.15, 0.2) is 0 Å². The fourth-order valence-electron chi connectivity index (χ4n) is 3.01. The lowest BCUT2D eigenvalue weighted by Gasteiger charge is -2.26. The van der Waals surface area contributed by atoms with Crippen molar-refractivity contribution in [3.63, 3.8) is 0 Å². The van der Waals surface area contributed by atoms with E-state index in [-0.39, 0.29) is 12.0 Å². The Morgan fingerprint density at radius 3 is 2.80 bits per heavy atom. The molecule has 5 nitrogen and oxygen atoms in total. The van der Waals surface area contributed by atoms with Crippen molar-refractivity contribution in [3.05, 3.63) is 60.4 Å². The highest BCUT2D eigenvalue weighted by atomic mass is 16.5. The second kappa shape index (κ2) is 9.18. The van der Waals surface area contributed by atoms with Gasteiger partial charge in [-0.25, -0.2) is 0 Å². The van der Waals surface area contributed by atoms with Crippen LogP contribution in [-0.4, -0.2) is 36.7 Å². The number of rotatable bonds is 7. The highest BCUT2D eigenvalue weighted by Crippen LogP contribution is 2.16. The smallest absolute Gasteiger partial charge is 0.239 e. The third kappa shape index (κ3) is 5.57. The molecule has 0 saturated carbocycles. The maximum Gasteiger partial charge on any atom is 0.239 e. The lowest BCUT2D eigenvalue weighted by molar-refractivity contribution is -0.120. The van der Waals surface area contributed by atoms with Crippen LogP contribution in [-0.2, 0) is 16.1 Å². The van der Waals surface area contributed by atoms with Crippen LogP contribution in [0.25, 0.3) is 0 Å². The molecule has 0 spiro atoms. The van der Waals surface area contributed by atoms with Crippen LogP contribution in [0.3, 0.4) is 0 Å². The second-order valence-electron chi connectivity index (χ2n) is 6.35. The number of hydrogen-bond acceptors (Lipinski definition) is 4. The van der Waals surface area contributed by atoms with Gasteiger partial charge in [-0.3, -0.25) is 9.78 Å². The van der Waals surface area contributed by atoms with E-state index in [1.165, 1.54) is 6.42 Å². The first kappa shape index (κ1) is 17.4. The molecule has 1 aromatic heterocycles. The Hall–Kier alpha value is -2.40. The van der Waals surface area contributed by atoms with Gasteiger partial charge in [0.2, 0.25) is 5.91 Å². The predicted molar refractivity (Wildman–Crippen MR) is 98.3 cm³/mol. The Bertz CT molecular complexity index is 643. The Balaban J connectivity index is 1.59. The Labute approximate surface area is 149 Å². The van der Waals surface area contributed by atoms with Crippen LogP contribution in [0.1, 0.15) is 24.8 Å². The fourth-order valence-corrected chi connectivity index (χ4v) is 3.01. The average molecular weight is 339 g/mol. The lowest BCUT2D eigenvalue weighted by atomic mass is 10.1. The van der Waals surface area contributed by atoms with Crippen LogP contribution < -0.4 is 10.2 Å². The van der Waals surface area contributed by atoms with E-state index in [1.54, 1.807) is 6.20 Å². The number of hydrogen-bond donors (Lipinski definition) is 1. The van der Waals surface area contributed by atoms with Crippen LogP contribution in [0.5, 0.6) is 0 Å². The van der Waals surface area contributed by atoms with E-state index in [9.17, 15) is 4.79 Å². The Morgan fingerprint density at radius 2 is 2.08 bits per heavy atom. The molecule has 0 bridgehead atoms. The molecule has 5 heteroatoms. The first-order valence-electron chi connectivity index (χ1n) is 8.88. The summed E-state index contributed by atoms with van der Waals surface area (Å²) < 4.78 is 5.68. The Kier molecular flexibility index (Phi) is 6.40. The van der Waals surface area contributed by atoms with Gasteiger partial charge in [-0.15, -0.1) is 0 Å². The minimum Gasteiger partial charge on any atom is -0.376 e. The van der Waals surface area contributed by atoms with Crippen molar-refractivity contribution in [1.29, 1.82) is 0 Å². The second-order valence-corrected chi connectivity index (χ2v) is 6.35. The van der Waals surface area contributed by atoms with E-state index in [4.69, 9.17) is 4.74 Å². The molecule has 2 heterocycles. The molecule has 0 aliphatic carbocycles. The van der Waals surface area contributed by atoms with Gasteiger partial charge in [0.1, 0.15) is 0 Å². The largest absolute Gasteiger partial charge is 0.376 e. The van der Waals surface area contributed by atoms with Gasteiger partial charge < -0.3 is 15.0 Å². The first-order chi connectivity index (χ1) is 12.3. The first-order valence-corrected chi connectivity index (χ1v) is 8.88. The molecule has 1 N–H and O–H groups in total. The number of ether oxygens (including phenoxy) is 1. The van der Waals surface area contributed by atoms with Crippen molar-refractivity contribution in [2.24, 2.45) is 0 Å². The molecule has 25 heavy (non-hydrogen) atoms. The summed E-state index contributed by atoms with van der Waals surface area (Å²) in [6.07, 6.45) is 7.07. The zero-order chi connectivity index (χ0) is 17.3. The molecule has 1 amide bonds. The topological polar surface area (TPSA) is 54.5 Å². The molecule has 3 rings (SSSR count). The van der Waals surface area contributed by atoms with Crippen LogP contribution >= 0.6 is 0 Å².